The van der Waals surface area contributed by atoms with Crippen LogP contribution in [0.3, 0.4) is 0 Å². The minimum atomic E-state index is -1.05. The maximum absolute atomic E-state index is 13.3. The summed E-state index contributed by atoms with van der Waals surface area (Å²) in [5, 5.41) is 2.85. The third-order valence-corrected chi connectivity index (χ3v) is 4.31. The number of halogens is 2. The first kappa shape index (κ1) is 17.8. The number of rotatable bonds is 3. The first-order chi connectivity index (χ1) is 12.5. The fourth-order valence-corrected chi connectivity index (χ4v) is 2.81. The number of piperazine rings is 1. The van der Waals surface area contributed by atoms with Crippen LogP contribution in [0.4, 0.5) is 13.6 Å². The minimum Gasteiger partial charge on any atom is -0.335 e. The van der Waals surface area contributed by atoms with E-state index >= 15 is 0 Å². The summed E-state index contributed by atoms with van der Waals surface area (Å²) < 4.78 is 26.3. The summed E-state index contributed by atoms with van der Waals surface area (Å²) in [5.74, 6) is -2.40. The average molecular weight is 359 g/mol. The highest BCUT2D eigenvalue weighted by molar-refractivity contribution is 5.94. The van der Waals surface area contributed by atoms with Crippen molar-refractivity contribution in [3.8, 4) is 0 Å². The number of carbonyl (C=O) groups is 2. The Morgan fingerprint density at radius 1 is 0.885 bits per heavy atom. The fourth-order valence-electron chi connectivity index (χ4n) is 2.81. The number of nitrogens with zero attached hydrogens (tertiary/aromatic N) is 2. The molecule has 1 saturated heterocycles. The molecule has 0 aliphatic carbocycles. The van der Waals surface area contributed by atoms with E-state index in [1.807, 2.05) is 30.3 Å². The van der Waals surface area contributed by atoms with Gasteiger partial charge in [-0.3, -0.25) is 4.79 Å². The standard InChI is InChI=1S/C19H19F2N3O2/c20-16-7-6-15(12-17(16)21)18(25)23-8-10-24(11-9-23)19(26)22-13-14-4-2-1-3-5-14/h1-7,12H,8-11,13H2,(H,22,26). The van der Waals surface area contributed by atoms with Gasteiger partial charge >= 0.3 is 6.03 Å². The number of hydrogen-bond acceptors (Lipinski definition) is 2. The Morgan fingerprint density at radius 3 is 2.19 bits per heavy atom. The lowest BCUT2D eigenvalue weighted by atomic mass is 10.1. The van der Waals surface area contributed by atoms with Gasteiger partial charge in [-0.1, -0.05) is 30.3 Å². The van der Waals surface area contributed by atoms with Crippen LogP contribution in [0, 0.1) is 11.6 Å². The molecule has 26 heavy (non-hydrogen) atoms. The first-order valence-corrected chi connectivity index (χ1v) is 8.35. The molecule has 5 nitrogen and oxygen atoms in total. The molecule has 1 N–H and O–H groups in total. The molecular formula is C19H19F2N3O2. The smallest absolute Gasteiger partial charge is 0.317 e. The Kier molecular flexibility index (Phi) is 5.46. The molecule has 0 saturated carbocycles. The molecule has 3 rings (SSSR count). The van der Waals surface area contributed by atoms with Crippen molar-refractivity contribution in [1.29, 1.82) is 0 Å². The second kappa shape index (κ2) is 7.95. The highest BCUT2D eigenvalue weighted by Gasteiger charge is 2.25. The number of urea groups is 1. The third kappa shape index (κ3) is 4.17. The van der Waals surface area contributed by atoms with E-state index in [9.17, 15) is 18.4 Å². The third-order valence-electron chi connectivity index (χ3n) is 4.31. The van der Waals surface area contributed by atoms with Gasteiger partial charge in [-0.25, -0.2) is 13.6 Å². The molecule has 3 amide bonds. The fraction of sp³-hybridized carbons (Fsp3) is 0.263. The van der Waals surface area contributed by atoms with Crippen molar-refractivity contribution < 1.29 is 18.4 Å². The van der Waals surface area contributed by atoms with Crippen molar-refractivity contribution in [3.05, 3.63) is 71.3 Å². The molecule has 0 unspecified atom stereocenters. The summed E-state index contributed by atoms with van der Waals surface area (Å²) in [5.41, 5.74) is 1.11. The van der Waals surface area contributed by atoms with Crippen LogP contribution in [0.25, 0.3) is 0 Å². The maximum Gasteiger partial charge on any atom is 0.317 e. The van der Waals surface area contributed by atoms with Gasteiger partial charge in [0.25, 0.3) is 5.91 Å². The van der Waals surface area contributed by atoms with Gasteiger partial charge in [-0.05, 0) is 23.8 Å². The Morgan fingerprint density at radius 2 is 1.54 bits per heavy atom. The Balaban J connectivity index is 1.51. The van der Waals surface area contributed by atoms with Gasteiger partial charge in [0.2, 0.25) is 0 Å². The van der Waals surface area contributed by atoms with Crippen molar-refractivity contribution in [2.45, 2.75) is 6.54 Å². The van der Waals surface area contributed by atoms with Gasteiger partial charge < -0.3 is 15.1 Å². The van der Waals surface area contributed by atoms with Crippen LogP contribution < -0.4 is 5.32 Å². The number of nitrogens with one attached hydrogen (secondary N) is 1. The van der Waals surface area contributed by atoms with Crippen LogP contribution in [0.2, 0.25) is 0 Å². The van der Waals surface area contributed by atoms with Crippen molar-refractivity contribution in [2.75, 3.05) is 26.2 Å². The van der Waals surface area contributed by atoms with Crippen LogP contribution in [0.15, 0.2) is 48.5 Å². The van der Waals surface area contributed by atoms with Gasteiger partial charge in [0.15, 0.2) is 11.6 Å². The van der Waals surface area contributed by atoms with Crippen LogP contribution >= 0.6 is 0 Å². The van der Waals surface area contributed by atoms with Gasteiger partial charge in [-0.2, -0.15) is 0 Å². The molecule has 1 heterocycles. The molecular weight excluding hydrogens is 340 g/mol. The molecule has 0 aromatic heterocycles. The van der Waals surface area contributed by atoms with Crippen LogP contribution in [0.1, 0.15) is 15.9 Å². The molecule has 1 aliphatic heterocycles. The van der Waals surface area contributed by atoms with E-state index in [-0.39, 0.29) is 17.5 Å². The largest absolute Gasteiger partial charge is 0.335 e. The number of hydrogen-bond donors (Lipinski definition) is 1. The quantitative estimate of drug-likeness (QED) is 0.916. The van der Waals surface area contributed by atoms with E-state index in [1.54, 1.807) is 4.90 Å². The lowest BCUT2D eigenvalue weighted by Crippen LogP contribution is -2.53. The Bertz CT molecular complexity index is 791. The molecule has 2 aromatic carbocycles. The lowest BCUT2D eigenvalue weighted by Gasteiger charge is -2.34. The molecule has 2 aromatic rings. The SMILES string of the molecule is O=C(NCc1ccccc1)N1CCN(C(=O)c2ccc(F)c(F)c2)CC1. The second-order valence-electron chi connectivity index (χ2n) is 6.05. The lowest BCUT2D eigenvalue weighted by molar-refractivity contribution is 0.0664. The van der Waals surface area contributed by atoms with Crippen molar-refractivity contribution in [1.82, 2.24) is 15.1 Å². The average Bonchev–Trinajstić information content (AvgIpc) is 2.68. The zero-order valence-electron chi connectivity index (χ0n) is 14.1. The van der Waals surface area contributed by atoms with Crippen molar-refractivity contribution in [3.63, 3.8) is 0 Å². The molecule has 0 bridgehead atoms. The Hall–Kier alpha value is -2.96. The van der Waals surface area contributed by atoms with E-state index in [2.05, 4.69) is 5.32 Å². The topological polar surface area (TPSA) is 52.7 Å². The molecule has 0 radical (unpaired) electrons. The van der Waals surface area contributed by atoms with E-state index in [4.69, 9.17) is 0 Å². The summed E-state index contributed by atoms with van der Waals surface area (Å²) in [7, 11) is 0. The second-order valence-corrected chi connectivity index (χ2v) is 6.05. The van der Waals surface area contributed by atoms with Gasteiger partial charge in [0, 0.05) is 38.3 Å². The summed E-state index contributed by atoms with van der Waals surface area (Å²) in [6.45, 7) is 1.90. The predicted molar refractivity (Wildman–Crippen MR) is 92.5 cm³/mol. The van der Waals surface area contributed by atoms with Crippen LogP contribution in [0.5, 0.6) is 0 Å². The van der Waals surface area contributed by atoms with Crippen molar-refractivity contribution >= 4 is 11.9 Å². The summed E-state index contributed by atoms with van der Waals surface area (Å²) >= 11 is 0. The zero-order valence-corrected chi connectivity index (χ0v) is 14.1. The van der Waals surface area contributed by atoms with E-state index < -0.39 is 11.6 Å². The predicted octanol–water partition coefficient (Wildman–Crippen LogP) is 2.63. The molecule has 0 spiro atoms. The van der Waals surface area contributed by atoms with E-state index in [0.717, 1.165) is 17.7 Å². The normalized spacial score (nSPS) is 14.2. The Labute approximate surface area is 150 Å². The summed E-state index contributed by atoms with van der Waals surface area (Å²) in [4.78, 5) is 27.8. The van der Waals surface area contributed by atoms with E-state index in [1.165, 1.54) is 11.0 Å². The highest BCUT2D eigenvalue weighted by atomic mass is 19.2. The number of benzene rings is 2. The monoisotopic (exact) mass is 359 g/mol. The molecule has 0 atom stereocenters. The number of carbonyl (C=O) groups excluding carboxylic acids is 2. The first-order valence-electron chi connectivity index (χ1n) is 8.35. The highest BCUT2D eigenvalue weighted by Crippen LogP contribution is 2.13. The van der Waals surface area contributed by atoms with Crippen LogP contribution in [-0.4, -0.2) is 47.9 Å². The van der Waals surface area contributed by atoms with Gasteiger partial charge in [0.1, 0.15) is 0 Å². The summed E-state index contributed by atoms with van der Waals surface area (Å²) in [6.07, 6.45) is 0. The number of amides is 3. The summed E-state index contributed by atoms with van der Waals surface area (Å²) in [6, 6.07) is 12.5. The molecule has 136 valence electrons. The molecule has 1 fully saturated rings. The van der Waals surface area contributed by atoms with Crippen molar-refractivity contribution in [2.24, 2.45) is 0 Å². The minimum absolute atomic E-state index is 0.103. The van der Waals surface area contributed by atoms with E-state index in [0.29, 0.717) is 32.7 Å². The van der Waals surface area contributed by atoms with Gasteiger partial charge in [0.05, 0.1) is 0 Å². The van der Waals surface area contributed by atoms with Gasteiger partial charge in [-0.15, -0.1) is 0 Å². The van der Waals surface area contributed by atoms with Crippen LogP contribution in [-0.2, 0) is 6.54 Å². The zero-order chi connectivity index (χ0) is 18.5. The molecule has 7 heteroatoms. The molecule has 1 aliphatic rings. The maximum atomic E-state index is 13.3.